The molecule has 7 N–H and O–H groups in total. The highest BCUT2D eigenvalue weighted by Gasteiger charge is 2.62. The number of phenolic OH excluding ortho intramolecular Hbond substituents is 2. The highest BCUT2D eigenvalue weighted by atomic mass is 16.6. The van der Waals surface area contributed by atoms with Crippen LogP contribution in [0.2, 0.25) is 0 Å². The smallest absolute Gasteiger partial charge is 0.269 e. The third-order valence-corrected chi connectivity index (χ3v) is 8.23. The van der Waals surface area contributed by atoms with Gasteiger partial charge in [0.2, 0.25) is 5.78 Å². The van der Waals surface area contributed by atoms with Crippen molar-refractivity contribution in [2.75, 3.05) is 19.4 Å². The van der Waals surface area contributed by atoms with Gasteiger partial charge in [-0.25, -0.2) is 0 Å². The Labute approximate surface area is 242 Å². The highest BCUT2D eigenvalue weighted by Crippen LogP contribution is 2.51. The van der Waals surface area contributed by atoms with E-state index in [0.29, 0.717) is 10.9 Å². The monoisotopic (exact) mass is 590 g/mol. The van der Waals surface area contributed by atoms with E-state index in [-0.39, 0.29) is 34.3 Å². The van der Waals surface area contributed by atoms with E-state index in [1.54, 1.807) is 6.92 Å². The van der Waals surface area contributed by atoms with Crippen molar-refractivity contribution in [2.24, 2.45) is 11.7 Å². The molecule has 0 bridgehead atoms. The molecule has 2 aliphatic rings. The fraction of sp³-hybridized carbons (Fsp3) is 0.241. The van der Waals surface area contributed by atoms with Crippen LogP contribution < -0.4 is 11.1 Å². The number of nitro benzene ring substituents is 1. The maximum atomic E-state index is 14.0. The van der Waals surface area contributed by atoms with Gasteiger partial charge in [0.05, 0.1) is 27.6 Å². The van der Waals surface area contributed by atoms with Crippen LogP contribution >= 0.6 is 0 Å². The molecule has 0 radical (unpaired) electrons. The number of aliphatic hydroxyl groups is 2. The van der Waals surface area contributed by atoms with Crippen LogP contribution in [0.15, 0.2) is 47.7 Å². The number of benzene rings is 3. The van der Waals surface area contributed by atoms with Crippen LogP contribution in [0.3, 0.4) is 0 Å². The highest BCUT2D eigenvalue weighted by molar-refractivity contribution is 6.25. The fourth-order valence-corrected chi connectivity index (χ4v) is 6.11. The summed E-state index contributed by atoms with van der Waals surface area (Å²) < 4.78 is 0. The number of non-ortho nitro benzene ring substituents is 1. The van der Waals surface area contributed by atoms with Gasteiger partial charge in [-0.1, -0.05) is 6.07 Å². The number of aromatic hydroxyl groups is 2. The van der Waals surface area contributed by atoms with E-state index < -0.39 is 74.3 Å². The molecule has 3 aromatic carbocycles. The maximum Gasteiger partial charge on any atom is 0.269 e. The zero-order valence-electron chi connectivity index (χ0n) is 23.0. The van der Waals surface area contributed by atoms with Crippen LogP contribution in [0.25, 0.3) is 10.8 Å². The number of carbonyl (C=O) groups excluding carboxylic acids is 4. The van der Waals surface area contributed by atoms with Crippen molar-refractivity contribution in [2.45, 2.75) is 25.0 Å². The van der Waals surface area contributed by atoms with Crippen LogP contribution in [0.1, 0.15) is 31.8 Å². The molecule has 0 spiro atoms. The van der Waals surface area contributed by atoms with Crippen LogP contribution in [-0.2, 0) is 16.0 Å². The Morgan fingerprint density at radius 3 is 2.26 bits per heavy atom. The van der Waals surface area contributed by atoms with E-state index in [1.807, 2.05) is 0 Å². The first-order valence-corrected chi connectivity index (χ1v) is 12.9. The molecule has 222 valence electrons. The van der Waals surface area contributed by atoms with Gasteiger partial charge < -0.3 is 31.5 Å². The van der Waals surface area contributed by atoms with Gasteiger partial charge in [0.15, 0.2) is 17.1 Å². The number of nitro groups is 1. The number of aliphatic hydroxyl groups excluding tert-OH is 1. The number of hydrogen-bond donors (Lipinski definition) is 6. The number of nitrogens with one attached hydrogen (secondary N) is 1. The van der Waals surface area contributed by atoms with Gasteiger partial charge in [0, 0.05) is 23.6 Å². The Hall–Kier alpha value is -5.34. The predicted molar refractivity (Wildman–Crippen MR) is 151 cm³/mol. The average molecular weight is 591 g/mol. The minimum Gasteiger partial charge on any atom is -0.508 e. The van der Waals surface area contributed by atoms with Gasteiger partial charge in [-0.3, -0.25) is 34.2 Å². The second-order valence-electron chi connectivity index (χ2n) is 10.7. The van der Waals surface area contributed by atoms with Crippen LogP contribution in [0, 0.1) is 23.0 Å². The summed E-state index contributed by atoms with van der Waals surface area (Å²) in [5.74, 6) is -8.01. The number of ketones is 2. The molecule has 14 nitrogen and oxygen atoms in total. The lowest BCUT2D eigenvalue weighted by Crippen LogP contribution is -2.64. The fourth-order valence-electron chi connectivity index (χ4n) is 6.11. The molecule has 43 heavy (non-hydrogen) atoms. The molecule has 2 amide bonds. The van der Waals surface area contributed by atoms with Crippen molar-refractivity contribution in [3.8, 4) is 11.5 Å². The molecule has 0 aliphatic heterocycles. The predicted octanol–water partition coefficient (Wildman–Crippen LogP) is 1.62. The lowest BCUT2D eigenvalue weighted by Gasteiger charge is -2.47. The van der Waals surface area contributed by atoms with E-state index in [0.717, 1.165) is 12.1 Å². The number of nitrogens with zero attached hydrogens (tertiary/aromatic N) is 2. The molecule has 0 aromatic heterocycles. The second-order valence-corrected chi connectivity index (χ2v) is 10.7. The number of Topliss-reactive ketones (excluding diaryl/α,β-unsaturated/α-hetero) is 2. The van der Waals surface area contributed by atoms with Crippen LogP contribution in [0.5, 0.6) is 11.5 Å². The van der Waals surface area contributed by atoms with E-state index >= 15 is 0 Å². The lowest BCUT2D eigenvalue weighted by molar-refractivity contribution is -0.384. The number of fused-ring (bicyclic) bond motifs is 3. The number of amides is 2. The summed E-state index contributed by atoms with van der Waals surface area (Å²) in [5.41, 5.74) is 1.46. The molecule has 2 aliphatic carbocycles. The molecular formula is C29H26N4O10. The normalized spacial score (nSPS) is 21.5. The van der Waals surface area contributed by atoms with Crippen molar-refractivity contribution in [3.05, 3.63) is 80.1 Å². The first kappa shape index (κ1) is 29.2. The summed E-state index contributed by atoms with van der Waals surface area (Å²) in [7, 11) is 3.00. The molecule has 3 aromatic rings. The summed E-state index contributed by atoms with van der Waals surface area (Å²) >= 11 is 0. The van der Waals surface area contributed by atoms with Crippen molar-refractivity contribution in [1.29, 1.82) is 0 Å². The maximum absolute atomic E-state index is 14.0. The van der Waals surface area contributed by atoms with E-state index in [4.69, 9.17) is 5.73 Å². The molecular weight excluding hydrogens is 564 g/mol. The van der Waals surface area contributed by atoms with E-state index in [2.05, 4.69) is 5.32 Å². The molecule has 5 rings (SSSR count). The minimum atomic E-state index is -2.81. The Morgan fingerprint density at radius 1 is 1.07 bits per heavy atom. The number of primary amides is 1. The summed E-state index contributed by atoms with van der Waals surface area (Å²) in [6.45, 7) is 1.60. The lowest BCUT2D eigenvalue weighted by atomic mass is 9.61. The van der Waals surface area contributed by atoms with Gasteiger partial charge in [0.25, 0.3) is 17.5 Å². The van der Waals surface area contributed by atoms with Gasteiger partial charge in [0.1, 0.15) is 17.1 Å². The Kier molecular flexibility index (Phi) is 6.71. The van der Waals surface area contributed by atoms with Crippen molar-refractivity contribution in [3.63, 3.8) is 0 Å². The second kappa shape index (κ2) is 9.89. The van der Waals surface area contributed by atoms with Crippen LogP contribution in [-0.4, -0.2) is 79.4 Å². The first-order chi connectivity index (χ1) is 20.1. The van der Waals surface area contributed by atoms with Crippen molar-refractivity contribution in [1.82, 2.24) is 4.90 Å². The zero-order chi connectivity index (χ0) is 31.7. The van der Waals surface area contributed by atoms with Gasteiger partial charge >= 0.3 is 0 Å². The largest absolute Gasteiger partial charge is 0.508 e. The standard InChI is InChI=1S/C29H26N4O10/c1-11-14-8-9-17(31-28(40)12-4-6-13(7-5-12)33(42)43)22(34)18(14)23(35)19-15(11)10-16-21(32(2)3)24(36)20(27(30)39)26(38)29(16,41)25(19)37/h4-9,16,21,34-35,38,41H,10H2,1-3H3,(H2,30,39)(H,31,40)/t16-,21-,29-/m0/s1. The molecule has 0 unspecified atom stereocenters. The van der Waals surface area contributed by atoms with Gasteiger partial charge in [-0.05, 0) is 62.2 Å². The number of rotatable bonds is 5. The minimum absolute atomic E-state index is 0.0363. The number of aryl methyl sites for hydroxylation is 1. The van der Waals surface area contributed by atoms with Gasteiger partial charge in [-0.2, -0.15) is 0 Å². The van der Waals surface area contributed by atoms with Crippen molar-refractivity contribution < 1.29 is 44.5 Å². The Balaban J connectivity index is 1.66. The van der Waals surface area contributed by atoms with Crippen LogP contribution in [0.4, 0.5) is 11.4 Å². The molecule has 0 saturated heterocycles. The van der Waals surface area contributed by atoms with E-state index in [1.165, 1.54) is 43.3 Å². The number of carbonyl (C=O) groups is 4. The summed E-state index contributed by atoms with van der Waals surface area (Å²) in [4.78, 5) is 63.8. The average Bonchev–Trinajstić information content (AvgIpc) is 2.94. The topological polar surface area (TPSA) is 234 Å². The molecule has 3 atom stereocenters. The molecule has 0 fully saturated rings. The molecule has 0 heterocycles. The quantitative estimate of drug-likeness (QED) is 0.108. The third-order valence-electron chi connectivity index (χ3n) is 8.23. The SMILES string of the molecule is Cc1c2c(c(O)c3c(O)c(NC(=O)c4ccc([N+](=O)[O-])cc4)ccc13)C(=O)[C@]1(O)C(O)=C(C(N)=O)C(=O)[C@@H](N(C)C)[C@@H]1C2. The number of hydrogen-bond acceptors (Lipinski definition) is 11. The van der Waals surface area contributed by atoms with Crippen molar-refractivity contribution >= 4 is 45.5 Å². The van der Waals surface area contributed by atoms with E-state index in [9.17, 15) is 49.7 Å². The molecule has 0 saturated carbocycles. The summed E-state index contributed by atoms with van der Waals surface area (Å²) in [6.07, 6.45) is -0.184. The Morgan fingerprint density at radius 2 is 1.70 bits per heavy atom. The summed E-state index contributed by atoms with van der Waals surface area (Å²) in [5, 5.41) is 58.6. The number of likely N-dealkylation sites (N-methyl/N-ethyl adjacent to an activating group) is 1. The molecule has 14 heteroatoms. The number of phenols is 2. The summed E-state index contributed by atoms with van der Waals surface area (Å²) in [6, 6.07) is 6.31. The zero-order valence-corrected chi connectivity index (χ0v) is 23.0. The third kappa shape index (κ3) is 4.10. The number of nitrogens with two attached hydrogens (primary N) is 1. The Bertz CT molecular complexity index is 1830. The first-order valence-electron chi connectivity index (χ1n) is 12.9. The number of anilines is 1. The van der Waals surface area contributed by atoms with Gasteiger partial charge in [-0.15, -0.1) is 0 Å².